The van der Waals surface area contributed by atoms with E-state index < -0.39 is 0 Å². The first kappa shape index (κ1) is 11.1. The molecular formula is C12H19NOS. The lowest BCUT2D eigenvalue weighted by Crippen LogP contribution is -2.41. The molecule has 15 heavy (non-hydrogen) atoms. The Hall–Kier alpha value is -0.380. The number of hydrogen-bond donors (Lipinski definition) is 2. The maximum Gasteiger partial charge on any atom is 0.0896 e. The van der Waals surface area contributed by atoms with E-state index in [-0.39, 0.29) is 6.10 Å². The largest absolute Gasteiger partial charge is 0.388 e. The molecule has 0 radical (unpaired) electrons. The third kappa shape index (κ3) is 3.03. The smallest absolute Gasteiger partial charge is 0.0896 e. The van der Waals surface area contributed by atoms with Gasteiger partial charge in [-0.1, -0.05) is 12.5 Å². The molecule has 1 aromatic heterocycles. The van der Waals surface area contributed by atoms with E-state index >= 15 is 0 Å². The summed E-state index contributed by atoms with van der Waals surface area (Å²) in [6.07, 6.45) is 4.33. The van der Waals surface area contributed by atoms with Crippen LogP contribution in [0.15, 0.2) is 17.5 Å². The molecular weight excluding hydrogens is 206 g/mol. The lowest BCUT2D eigenvalue weighted by atomic mass is 9.95. The van der Waals surface area contributed by atoms with Gasteiger partial charge in [0.15, 0.2) is 0 Å². The van der Waals surface area contributed by atoms with Gasteiger partial charge in [-0.05, 0) is 37.6 Å². The standard InChI is InChI=1S/C12H19NOS/c1-9-4-2-5-10(13-9)8-11(14)12-6-3-7-15-12/h3,6-7,9-11,13-14H,2,4-5,8H2,1H3. The van der Waals surface area contributed by atoms with Crippen molar-refractivity contribution in [3.63, 3.8) is 0 Å². The zero-order chi connectivity index (χ0) is 10.7. The van der Waals surface area contributed by atoms with Crippen LogP contribution in [0.3, 0.4) is 0 Å². The Morgan fingerprint density at radius 1 is 1.60 bits per heavy atom. The number of aliphatic hydroxyl groups excluding tert-OH is 1. The van der Waals surface area contributed by atoms with E-state index in [0.717, 1.165) is 11.3 Å². The Morgan fingerprint density at radius 3 is 3.13 bits per heavy atom. The average molecular weight is 225 g/mol. The highest BCUT2D eigenvalue weighted by molar-refractivity contribution is 7.10. The van der Waals surface area contributed by atoms with Crippen LogP contribution in [0.4, 0.5) is 0 Å². The number of rotatable bonds is 3. The van der Waals surface area contributed by atoms with Gasteiger partial charge < -0.3 is 10.4 Å². The van der Waals surface area contributed by atoms with Crippen molar-refractivity contribution in [1.29, 1.82) is 0 Å². The van der Waals surface area contributed by atoms with Gasteiger partial charge in [0.2, 0.25) is 0 Å². The fourth-order valence-corrected chi connectivity index (χ4v) is 3.02. The summed E-state index contributed by atoms with van der Waals surface area (Å²) in [4.78, 5) is 1.09. The van der Waals surface area contributed by atoms with Crippen LogP contribution >= 0.6 is 11.3 Å². The predicted octanol–water partition coefficient (Wildman–Crippen LogP) is 2.70. The second-order valence-corrected chi connectivity index (χ2v) is 5.44. The summed E-state index contributed by atoms with van der Waals surface area (Å²) >= 11 is 1.64. The van der Waals surface area contributed by atoms with Crippen LogP contribution in [-0.2, 0) is 0 Å². The van der Waals surface area contributed by atoms with Gasteiger partial charge in [0, 0.05) is 17.0 Å². The second-order valence-electron chi connectivity index (χ2n) is 4.46. The maximum absolute atomic E-state index is 10.0. The van der Waals surface area contributed by atoms with Crippen molar-refractivity contribution in [3.8, 4) is 0 Å². The van der Waals surface area contributed by atoms with Gasteiger partial charge in [0.1, 0.15) is 0 Å². The molecule has 3 heteroatoms. The summed E-state index contributed by atoms with van der Waals surface area (Å²) in [7, 11) is 0. The van der Waals surface area contributed by atoms with Crippen molar-refractivity contribution >= 4 is 11.3 Å². The Labute approximate surface area is 95.3 Å². The first-order valence-corrected chi connectivity index (χ1v) is 6.61. The third-order valence-electron chi connectivity index (χ3n) is 3.09. The molecule has 2 heterocycles. The van der Waals surface area contributed by atoms with Gasteiger partial charge in [0.05, 0.1) is 6.10 Å². The molecule has 0 spiro atoms. The molecule has 1 aliphatic rings. The van der Waals surface area contributed by atoms with Crippen LogP contribution in [0.25, 0.3) is 0 Å². The van der Waals surface area contributed by atoms with Crippen LogP contribution in [0.1, 0.15) is 43.6 Å². The molecule has 0 aliphatic carbocycles. The van der Waals surface area contributed by atoms with Crippen LogP contribution in [0.2, 0.25) is 0 Å². The van der Waals surface area contributed by atoms with Gasteiger partial charge in [-0.3, -0.25) is 0 Å². The van der Waals surface area contributed by atoms with Crippen LogP contribution in [-0.4, -0.2) is 17.2 Å². The molecule has 84 valence electrons. The normalized spacial score (nSPS) is 28.9. The first-order chi connectivity index (χ1) is 7.25. The zero-order valence-corrected chi connectivity index (χ0v) is 9.96. The minimum atomic E-state index is -0.284. The number of hydrogen-bond acceptors (Lipinski definition) is 3. The van der Waals surface area contributed by atoms with Gasteiger partial charge in [-0.2, -0.15) is 0 Å². The zero-order valence-electron chi connectivity index (χ0n) is 9.15. The Morgan fingerprint density at radius 2 is 2.47 bits per heavy atom. The molecule has 0 bridgehead atoms. The van der Waals surface area contributed by atoms with Gasteiger partial charge in [-0.15, -0.1) is 11.3 Å². The average Bonchev–Trinajstić information content (AvgIpc) is 2.70. The molecule has 2 nitrogen and oxygen atoms in total. The van der Waals surface area contributed by atoms with E-state index in [0.29, 0.717) is 12.1 Å². The topological polar surface area (TPSA) is 32.3 Å². The number of piperidine rings is 1. The summed E-state index contributed by atoms with van der Waals surface area (Å²) in [5.74, 6) is 0. The molecule has 1 fully saturated rings. The lowest BCUT2D eigenvalue weighted by molar-refractivity contribution is 0.142. The van der Waals surface area contributed by atoms with Gasteiger partial charge in [0.25, 0.3) is 0 Å². The number of aliphatic hydroxyl groups is 1. The molecule has 1 aliphatic heterocycles. The van der Waals surface area contributed by atoms with Crippen molar-refractivity contribution in [2.45, 2.75) is 50.8 Å². The molecule has 3 atom stereocenters. The summed E-state index contributed by atoms with van der Waals surface area (Å²) in [6.45, 7) is 2.23. The highest BCUT2D eigenvalue weighted by atomic mass is 32.1. The quantitative estimate of drug-likeness (QED) is 0.829. The fraction of sp³-hybridized carbons (Fsp3) is 0.667. The van der Waals surface area contributed by atoms with E-state index in [9.17, 15) is 5.11 Å². The molecule has 1 saturated heterocycles. The number of nitrogens with one attached hydrogen (secondary N) is 1. The first-order valence-electron chi connectivity index (χ1n) is 5.73. The summed E-state index contributed by atoms with van der Waals surface area (Å²) < 4.78 is 0. The summed E-state index contributed by atoms with van der Waals surface area (Å²) in [5, 5.41) is 15.6. The highest BCUT2D eigenvalue weighted by Crippen LogP contribution is 2.26. The van der Waals surface area contributed by atoms with E-state index in [2.05, 4.69) is 12.2 Å². The minimum Gasteiger partial charge on any atom is -0.388 e. The van der Waals surface area contributed by atoms with Crippen molar-refractivity contribution in [3.05, 3.63) is 22.4 Å². The molecule has 0 aromatic carbocycles. The van der Waals surface area contributed by atoms with E-state index in [1.165, 1.54) is 19.3 Å². The monoisotopic (exact) mass is 225 g/mol. The van der Waals surface area contributed by atoms with Crippen LogP contribution in [0, 0.1) is 0 Å². The molecule has 2 N–H and O–H groups in total. The molecule has 3 unspecified atom stereocenters. The molecule has 2 rings (SSSR count). The Kier molecular flexibility index (Phi) is 3.78. The Balaban J connectivity index is 1.86. The van der Waals surface area contributed by atoms with Crippen molar-refractivity contribution in [2.75, 3.05) is 0 Å². The van der Waals surface area contributed by atoms with E-state index in [1.807, 2.05) is 17.5 Å². The maximum atomic E-state index is 10.0. The van der Waals surface area contributed by atoms with E-state index in [4.69, 9.17) is 0 Å². The number of thiophene rings is 1. The van der Waals surface area contributed by atoms with Crippen molar-refractivity contribution in [1.82, 2.24) is 5.32 Å². The van der Waals surface area contributed by atoms with Crippen molar-refractivity contribution < 1.29 is 5.11 Å². The van der Waals surface area contributed by atoms with Gasteiger partial charge >= 0.3 is 0 Å². The SMILES string of the molecule is CC1CCCC(CC(O)c2cccs2)N1. The van der Waals surface area contributed by atoms with Gasteiger partial charge in [-0.25, -0.2) is 0 Å². The van der Waals surface area contributed by atoms with E-state index in [1.54, 1.807) is 11.3 Å². The third-order valence-corrected chi connectivity index (χ3v) is 4.06. The lowest BCUT2D eigenvalue weighted by Gasteiger charge is -2.30. The van der Waals surface area contributed by atoms with Crippen LogP contribution < -0.4 is 5.32 Å². The predicted molar refractivity (Wildman–Crippen MR) is 64.1 cm³/mol. The molecule has 0 saturated carbocycles. The van der Waals surface area contributed by atoms with Crippen LogP contribution in [0.5, 0.6) is 0 Å². The van der Waals surface area contributed by atoms with Crippen molar-refractivity contribution in [2.24, 2.45) is 0 Å². The minimum absolute atomic E-state index is 0.284. The summed E-state index contributed by atoms with van der Waals surface area (Å²) in [5.41, 5.74) is 0. The molecule has 0 amide bonds. The molecule has 1 aromatic rings. The Bertz CT molecular complexity index is 286. The highest BCUT2D eigenvalue weighted by Gasteiger charge is 2.21. The second kappa shape index (κ2) is 5.10. The summed E-state index contributed by atoms with van der Waals surface area (Å²) in [6, 6.07) is 5.12. The fourth-order valence-electron chi connectivity index (χ4n) is 2.29.